The lowest BCUT2D eigenvalue weighted by molar-refractivity contribution is 0.340. The van der Waals surface area contributed by atoms with Crippen LogP contribution in [0, 0.1) is 5.92 Å². The Bertz CT molecular complexity index is 505. The fraction of sp³-hybridized carbons (Fsp3) is 0.714. The highest BCUT2D eigenvalue weighted by Gasteiger charge is 2.18. The molecule has 0 radical (unpaired) electrons. The van der Waals surface area contributed by atoms with Crippen LogP contribution in [0.25, 0.3) is 0 Å². The van der Waals surface area contributed by atoms with Crippen LogP contribution >= 0.6 is 11.3 Å². The normalized spacial score (nSPS) is 17.4. The summed E-state index contributed by atoms with van der Waals surface area (Å²) in [6, 6.07) is 3.53. The third-order valence-corrected chi connectivity index (χ3v) is 6.96. The van der Waals surface area contributed by atoms with Gasteiger partial charge in [0.15, 0.2) is 0 Å². The first-order chi connectivity index (χ1) is 9.62. The standard InChI is InChI=1S/C14H24N2O2S2/c15-10-8-13-6-7-14(19-13)20(17,18)16-11-9-12-4-2-1-3-5-12/h6-7,12,16H,1-5,8-11,15H2. The highest BCUT2D eigenvalue weighted by atomic mass is 32.2. The quantitative estimate of drug-likeness (QED) is 0.812. The largest absolute Gasteiger partial charge is 0.330 e. The smallest absolute Gasteiger partial charge is 0.250 e. The molecule has 4 nitrogen and oxygen atoms in total. The summed E-state index contributed by atoms with van der Waals surface area (Å²) >= 11 is 1.32. The van der Waals surface area contributed by atoms with Gasteiger partial charge in [-0.25, -0.2) is 13.1 Å². The summed E-state index contributed by atoms with van der Waals surface area (Å²) in [7, 11) is -3.33. The van der Waals surface area contributed by atoms with Crippen LogP contribution in [0.5, 0.6) is 0 Å². The third kappa shape index (κ3) is 4.55. The second kappa shape index (κ2) is 7.54. The van der Waals surface area contributed by atoms with Crippen LogP contribution in [0.3, 0.4) is 0 Å². The Morgan fingerprint density at radius 3 is 2.70 bits per heavy atom. The molecule has 1 heterocycles. The molecule has 0 aromatic carbocycles. The first-order valence-electron chi connectivity index (χ1n) is 7.40. The van der Waals surface area contributed by atoms with Crippen LogP contribution in [0.1, 0.15) is 43.4 Å². The van der Waals surface area contributed by atoms with Gasteiger partial charge in [0.25, 0.3) is 0 Å². The maximum Gasteiger partial charge on any atom is 0.250 e. The molecule has 0 spiro atoms. The van der Waals surface area contributed by atoms with Gasteiger partial charge in [-0.15, -0.1) is 11.3 Å². The number of sulfonamides is 1. The van der Waals surface area contributed by atoms with Crippen molar-refractivity contribution >= 4 is 21.4 Å². The van der Waals surface area contributed by atoms with Crippen LogP contribution in [0.15, 0.2) is 16.3 Å². The first-order valence-corrected chi connectivity index (χ1v) is 9.70. The van der Waals surface area contributed by atoms with Gasteiger partial charge in [0.2, 0.25) is 10.0 Å². The van der Waals surface area contributed by atoms with E-state index in [0.29, 0.717) is 23.2 Å². The Balaban J connectivity index is 1.83. The first kappa shape index (κ1) is 15.9. The fourth-order valence-corrected chi connectivity index (χ4v) is 5.19. The summed E-state index contributed by atoms with van der Waals surface area (Å²) in [6.45, 7) is 1.10. The van der Waals surface area contributed by atoms with E-state index in [1.807, 2.05) is 6.07 Å². The molecule has 0 aliphatic heterocycles. The van der Waals surface area contributed by atoms with E-state index in [4.69, 9.17) is 5.73 Å². The molecule has 1 fully saturated rings. The number of nitrogens with one attached hydrogen (secondary N) is 1. The van der Waals surface area contributed by atoms with Gasteiger partial charge in [-0.05, 0) is 37.4 Å². The molecule has 1 aliphatic rings. The van der Waals surface area contributed by atoms with Gasteiger partial charge in [-0.1, -0.05) is 32.1 Å². The predicted molar refractivity (Wildman–Crippen MR) is 83.5 cm³/mol. The minimum absolute atomic E-state index is 0.407. The van der Waals surface area contributed by atoms with Crippen molar-refractivity contribution < 1.29 is 8.42 Å². The number of hydrogen-bond acceptors (Lipinski definition) is 4. The molecule has 0 bridgehead atoms. The maximum absolute atomic E-state index is 12.2. The van der Waals surface area contributed by atoms with Crippen molar-refractivity contribution in [2.75, 3.05) is 13.1 Å². The van der Waals surface area contributed by atoms with E-state index in [-0.39, 0.29) is 0 Å². The number of rotatable bonds is 7. The van der Waals surface area contributed by atoms with E-state index in [9.17, 15) is 8.42 Å². The van der Waals surface area contributed by atoms with E-state index in [2.05, 4.69) is 4.72 Å². The van der Waals surface area contributed by atoms with Crippen molar-refractivity contribution in [3.05, 3.63) is 17.0 Å². The SMILES string of the molecule is NCCc1ccc(S(=O)(=O)NCCC2CCCCC2)s1. The topological polar surface area (TPSA) is 72.2 Å². The van der Waals surface area contributed by atoms with E-state index in [1.54, 1.807) is 6.07 Å². The van der Waals surface area contributed by atoms with Crippen LogP contribution in [0.2, 0.25) is 0 Å². The Hall–Kier alpha value is -0.430. The molecule has 1 aromatic rings. The minimum Gasteiger partial charge on any atom is -0.330 e. The summed E-state index contributed by atoms with van der Waals surface area (Å²) in [6.07, 6.45) is 8.13. The Morgan fingerprint density at radius 2 is 2.00 bits per heavy atom. The molecule has 114 valence electrons. The molecule has 0 amide bonds. The van der Waals surface area contributed by atoms with Crippen LogP contribution in [0.4, 0.5) is 0 Å². The lowest BCUT2D eigenvalue weighted by Crippen LogP contribution is -2.26. The van der Waals surface area contributed by atoms with Crippen LogP contribution in [-0.4, -0.2) is 21.5 Å². The second-order valence-corrected chi connectivity index (χ2v) is 8.61. The Labute approximate surface area is 125 Å². The third-order valence-electron chi connectivity index (χ3n) is 3.86. The van der Waals surface area contributed by atoms with Gasteiger partial charge < -0.3 is 5.73 Å². The molecule has 0 atom stereocenters. The zero-order chi connectivity index (χ0) is 14.4. The van der Waals surface area contributed by atoms with Crippen molar-refractivity contribution in [1.29, 1.82) is 0 Å². The van der Waals surface area contributed by atoms with E-state index in [0.717, 1.165) is 17.7 Å². The lowest BCUT2D eigenvalue weighted by Gasteiger charge is -2.21. The van der Waals surface area contributed by atoms with Gasteiger partial charge in [0.1, 0.15) is 4.21 Å². The summed E-state index contributed by atoms with van der Waals surface area (Å²) in [4.78, 5) is 1.03. The molecule has 1 aliphatic carbocycles. The van der Waals surface area contributed by atoms with Crippen molar-refractivity contribution in [3.63, 3.8) is 0 Å². The van der Waals surface area contributed by atoms with Gasteiger partial charge in [-0.2, -0.15) is 0 Å². The molecule has 6 heteroatoms. The number of hydrogen-bond donors (Lipinski definition) is 2. The molecular weight excluding hydrogens is 292 g/mol. The van der Waals surface area contributed by atoms with Gasteiger partial charge in [0, 0.05) is 11.4 Å². The van der Waals surface area contributed by atoms with Gasteiger partial charge >= 0.3 is 0 Å². The molecule has 0 saturated heterocycles. The molecule has 1 saturated carbocycles. The molecule has 0 unspecified atom stereocenters. The summed E-state index contributed by atoms with van der Waals surface area (Å²) in [5, 5.41) is 0. The number of nitrogens with two attached hydrogens (primary N) is 1. The van der Waals surface area contributed by atoms with Crippen molar-refractivity contribution in [3.8, 4) is 0 Å². The lowest BCUT2D eigenvalue weighted by atomic mass is 9.87. The molecular formula is C14H24N2O2S2. The molecule has 3 N–H and O–H groups in total. The van der Waals surface area contributed by atoms with Crippen molar-refractivity contribution in [2.24, 2.45) is 11.7 Å². The minimum atomic E-state index is -3.33. The summed E-state index contributed by atoms with van der Waals surface area (Å²) < 4.78 is 27.5. The van der Waals surface area contributed by atoms with Gasteiger partial charge in [0.05, 0.1) is 0 Å². The zero-order valence-corrected chi connectivity index (χ0v) is 13.4. The fourth-order valence-electron chi connectivity index (χ4n) is 2.72. The van der Waals surface area contributed by atoms with Crippen molar-refractivity contribution in [1.82, 2.24) is 4.72 Å². The Morgan fingerprint density at radius 1 is 1.25 bits per heavy atom. The average molecular weight is 316 g/mol. The predicted octanol–water partition coefficient (Wildman–Crippen LogP) is 2.50. The molecule has 1 aromatic heterocycles. The molecule has 2 rings (SSSR count). The van der Waals surface area contributed by atoms with Crippen molar-refractivity contribution in [2.45, 2.75) is 49.2 Å². The van der Waals surface area contributed by atoms with Crippen LogP contribution in [-0.2, 0) is 16.4 Å². The summed E-state index contributed by atoms with van der Waals surface area (Å²) in [5.74, 6) is 0.697. The van der Waals surface area contributed by atoms with Crippen LogP contribution < -0.4 is 10.5 Å². The zero-order valence-electron chi connectivity index (χ0n) is 11.8. The summed E-state index contributed by atoms with van der Waals surface area (Å²) in [5.41, 5.74) is 5.48. The number of thiophene rings is 1. The van der Waals surface area contributed by atoms with Gasteiger partial charge in [-0.3, -0.25) is 0 Å². The Kier molecular flexibility index (Phi) is 6.01. The highest BCUT2D eigenvalue weighted by molar-refractivity contribution is 7.91. The van der Waals surface area contributed by atoms with E-state index >= 15 is 0 Å². The maximum atomic E-state index is 12.2. The molecule has 20 heavy (non-hydrogen) atoms. The highest BCUT2D eigenvalue weighted by Crippen LogP contribution is 2.26. The van der Waals surface area contributed by atoms with E-state index in [1.165, 1.54) is 43.4 Å². The van der Waals surface area contributed by atoms with E-state index < -0.39 is 10.0 Å². The second-order valence-electron chi connectivity index (χ2n) is 5.45. The monoisotopic (exact) mass is 316 g/mol. The average Bonchev–Trinajstić information content (AvgIpc) is 2.90.